The number of carbonyl (C=O) groups is 1. The Labute approximate surface area is 231 Å². The van der Waals surface area contributed by atoms with E-state index < -0.39 is 56.6 Å². The predicted molar refractivity (Wildman–Crippen MR) is 151 cm³/mol. The van der Waals surface area contributed by atoms with Crippen LogP contribution in [0.15, 0.2) is 42.5 Å². The molecule has 0 spiro atoms. The fraction of sp³-hybridized carbons (Fsp3) is 0.552. The molecule has 2 rings (SSSR count). The van der Waals surface area contributed by atoms with Crippen LogP contribution in [0.5, 0.6) is 0 Å². The molecule has 7 nitrogen and oxygen atoms in total. The molecule has 2 aromatic rings. The topological polar surface area (TPSA) is 122 Å². The van der Waals surface area contributed by atoms with Crippen molar-refractivity contribution >= 4 is 15.7 Å². The van der Waals surface area contributed by atoms with E-state index >= 15 is 0 Å². The van der Waals surface area contributed by atoms with E-state index in [1.807, 2.05) is 32.0 Å². The Hall–Kier alpha value is -2.40. The zero-order valence-corrected chi connectivity index (χ0v) is 23.9. The van der Waals surface area contributed by atoms with Crippen LogP contribution in [0, 0.1) is 11.6 Å². The first kappa shape index (κ1) is 32.8. The number of sulfone groups is 1. The lowest BCUT2D eigenvalue weighted by Crippen LogP contribution is -2.54. The molecule has 0 saturated carbocycles. The quantitative estimate of drug-likeness (QED) is 0.233. The molecule has 39 heavy (non-hydrogen) atoms. The van der Waals surface area contributed by atoms with Crippen LogP contribution in [0.3, 0.4) is 0 Å². The summed E-state index contributed by atoms with van der Waals surface area (Å²) in [6.45, 7) is 6.40. The van der Waals surface area contributed by atoms with Crippen LogP contribution in [0.25, 0.3) is 0 Å². The lowest BCUT2D eigenvalue weighted by atomic mass is 10.00. The van der Waals surface area contributed by atoms with Crippen molar-refractivity contribution in [3.05, 3.63) is 70.8 Å². The Bertz CT molecular complexity index is 1140. The minimum atomic E-state index is -3.63. The number of hydrogen-bond acceptors (Lipinski definition) is 6. The first-order valence-electron chi connectivity index (χ1n) is 13.7. The van der Waals surface area contributed by atoms with Gasteiger partial charge < -0.3 is 21.5 Å². The summed E-state index contributed by atoms with van der Waals surface area (Å²) in [5, 5.41) is 16.2. The van der Waals surface area contributed by atoms with Crippen molar-refractivity contribution in [3.63, 3.8) is 0 Å². The molecule has 0 heterocycles. The summed E-state index contributed by atoms with van der Waals surface area (Å²) >= 11 is 0. The van der Waals surface area contributed by atoms with Crippen LogP contribution in [-0.2, 0) is 34.0 Å². The maximum absolute atomic E-state index is 13.8. The van der Waals surface area contributed by atoms with Crippen LogP contribution in [0.2, 0.25) is 0 Å². The fourth-order valence-corrected chi connectivity index (χ4v) is 6.75. The van der Waals surface area contributed by atoms with Crippen LogP contribution >= 0.6 is 0 Å². The first-order valence-corrected chi connectivity index (χ1v) is 15.4. The average Bonchev–Trinajstić information content (AvgIpc) is 2.87. The van der Waals surface area contributed by atoms with Crippen molar-refractivity contribution in [2.45, 2.75) is 89.3 Å². The third-order valence-electron chi connectivity index (χ3n) is 6.73. The summed E-state index contributed by atoms with van der Waals surface area (Å²) in [4.78, 5) is 13.0. The van der Waals surface area contributed by atoms with Gasteiger partial charge in [0.05, 0.1) is 29.2 Å². The van der Waals surface area contributed by atoms with Crippen molar-refractivity contribution in [1.29, 1.82) is 0 Å². The molecule has 0 saturated heterocycles. The summed E-state index contributed by atoms with van der Waals surface area (Å²) < 4.78 is 53.5. The highest BCUT2D eigenvalue weighted by atomic mass is 32.2. The molecule has 3 atom stereocenters. The number of rotatable bonds is 17. The van der Waals surface area contributed by atoms with Crippen LogP contribution in [0.1, 0.15) is 63.1 Å². The Morgan fingerprint density at radius 1 is 0.974 bits per heavy atom. The summed E-state index contributed by atoms with van der Waals surface area (Å²) in [5.41, 5.74) is 8.46. The molecule has 218 valence electrons. The zero-order valence-electron chi connectivity index (χ0n) is 23.1. The maximum Gasteiger partial charge on any atom is 0.238 e. The van der Waals surface area contributed by atoms with Gasteiger partial charge in [0, 0.05) is 19.2 Å². The second kappa shape index (κ2) is 16.0. The molecule has 5 N–H and O–H groups in total. The van der Waals surface area contributed by atoms with Crippen molar-refractivity contribution < 1.29 is 27.1 Å². The number of nitrogens with one attached hydrogen (secondary N) is 2. The van der Waals surface area contributed by atoms with Gasteiger partial charge in [-0.05, 0) is 54.5 Å². The van der Waals surface area contributed by atoms with E-state index in [0.717, 1.165) is 30.2 Å². The molecule has 0 aromatic heterocycles. The monoisotopic (exact) mass is 567 g/mol. The molecule has 1 amide bonds. The summed E-state index contributed by atoms with van der Waals surface area (Å²) in [6, 6.07) is 8.66. The number of aryl methyl sites for hydroxylation is 1. The minimum Gasteiger partial charge on any atom is -0.390 e. The van der Waals surface area contributed by atoms with Gasteiger partial charge in [-0.3, -0.25) is 4.79 Å². The molecule has 0 bridgehead atoms. The Morgan fingerprint density at radius 2 is 1.59 bits per heavy atom. The van der Waals surface area contributed by atoms with E-state index in [4.69, 9.17) is 5.73 Å². The molecule has 2 unspecified atom stereocenters. The van der Waals surface area contributed by atoms with E-state index in [2.05, 4.69) is 23.6 Å². The number of halogens is 2. The molecule has 0 aliphatic heterocycles. The van der Waals surface area contributed by atoms with Crippen molar-refractivity contribution in [1.82, 2.24) is 10.6 Å². The van der Waals surface area contributed by atoms with Gasteiger partial charge in [0.2, 0.25) is 5.91 Å². The smallest absolute Gasteiger partial charge is 0.238 e. The molecule has 0 fully saturated rings. The fourth-order valence-electron chi connectivity index (χ4n) is 4.63. The lowest BCUT2D eigenvalue weighted by Gasteiger charge is -2.27. The van der Waals surface area contributed by atoms with Gasteiger partial charge in [-0.1, -0.05) is 57.9 Å². The van der Waals surface area contributed by atoms with Crippen molar-refractivity contribution in [2.24, 2.45) is 5.73 Å². The average molecular weight is 568 g/mol. The molecular formula is C29H43F2N3O4S. The summed E-state index contributed by atoms with van der Waals surface area (Å²) in [7, 11) is -3.63. The number of benzene rings is 2. The van der Waals surface area contributed by atoms with Gasteiger partial charge in [0.1, 0.15) is 11.6 Å². The van der Waals surface area contributed by atoms with Gasteiger partial charge in [0.25, 0.3) is 0 Å². The Kier molecular flexibility index (Phi) is 13.5. The Morgan fingerprint density at radius 3 is 2.18 bits per heavy atom. The highest BCUT2D eigenvalue weighted by Gasteiger charge is 2.31. The van der Waals surface area contributed by atoms with Gasteiger partial charge in [-0.2, -0.15) is 0 Å². The highest BCUT2D eigenvalue weighted by Crippen LogP contribution is 2.17. The largest absolute Gasteiger partial charge is 0.390 e. The van der Waals surface area contributed by atoms with E-state index in [1.54, 1.807) is 0 Å². The van der Waals surface area contributed by atoms with Gasteiger partial charge >= 0.3 is 0 Å². The van der Waals surface area contributed by atoms with E-state index in [0.29, 0.717) is 32.2 Å². The van der Waals surface area contributed by atoms with Crippen molar-refractivity contribution in [3.8, 4) is 0 Å². The number of hydrogen-bond donors (Lipinski definition) is 4. The third kappa shape index (κ3) is 10.9. The van der Waals surface area contributed by atoms with Crippen LogP contribution in [-0.4, -0.2) is 55.2 Å². The maximum atomic E-state index is 13.8. The standard InChI is InChI=1S/C29H43F2N3O4S/c1-4-8-25(9-5-2)39(37,38)19-26(32)29(36)34-27(15-22-13-23(30)16-24(31)14-22)28(35)18-33-17-21-11-7-10-20(6-3)12-21/h7,10-14,16,25-28,33,35H,4-6,8-9,15,17-19,32H2,1-3H3,(H,34,36)/t26?,27-,28?/m0/s1. The van der Waals surface area contributed by atoms with E-state index in [9.17, 15) is 27.1 Å². The van der Waals surface area contributed by atoms with Crippen LogP contribution in [0.4, 0.5) is 8.78 Å². The minimum absolute atomic E-state index is 0.0711. The van der Waals surface area contributed by atoms with Crippen molar-refractivity contribution in [2.75, 3.05) is 12.3 Å². The van der Waals surface area contributed by atoms with Gasteiger partial charge in [0.15, 0.2) is 9.84 Å². The lowest BCUT2D eigenvalue weighted by molar-refractivity contribution is -0.123. The molecule has 2 aromatic carbocycles. The van der Waals surface area contributed by atoms with E-state index in [-0.39, 0.29) is 18.5 Å². The normalized spacial score (nSPS) is 14.3. The summed E-state index contributed by atoms with van der Waals surface area (Å²) in [5.74, 6) is -2.83. The second-order valence-corrected chi connectivity index (χ2v) is 12.4. The molecule has 0 aliphatic carbocycles. The van der Waals surface area contributed by atoms with Gasteiger partial charge in [-0.15, -0.1) is 0 Å². The Balaban J connectivity index is 2.13. The number of nitrogens with two attached hydrogens (primary N) is 1. The zero-order chi connectivity index (χ0) is 29.0. The predicted octanol–water partition coefficient (Wildman–Crippen LogP) is 3.42. The third-order valence-corrected chi connectivity index (χ3v) is 9.04. The highest BCUT2D eigenvalue weighted by molar-refractivity contribution is 7.92. The number of aliphatic hydroxyl groups excluding tert-OH is 1. The molecule has 0 aliphatic rings. The van der Waals surface area contributed by atoms with Crippen LogP contribution < -0.4 is 16.4 Å². The van der Waals surface area contributed by atoms with E-state index in [1.165, 1.54) is 5.56 Å². The number of carbonyl (C=O) groups excluding carboxylic acids is 1. The number of amides is 1. The number of aliphatic hydroxyl groups is 1. The molecule has 0 radical (unpaired) electrons. The first-order chi connectivity index (χ1) is 18.5. The van der Waals surface area contributed by atoms with Gasteiger partial charge in [-0.25, -0.2) is 17.2 Å². The SMILES string of the molecule is CCCC(CCC)S(=O)(=O)CC(N)C(=O)N[C@@H](Cc1cc(F)cc(F)c1)C(O)CNCc1cccc(CC)c1. The molecular weight excluding hydrogens is 524 g/mol. The summed E-state index contributed by atoms with van der Waals surface area (Å²) in [6.07, 6.45) is 2.03. The second-order valence-electron chi connectivity index (χ2n) is 10.1. The molecule has 10 heteroatoms.